The first-order valence-electron chi connectivity index (χ1n) is 6.06. The van der Waals surface area contributed by atoms with E-state index in [0.717, 1.165) is 6.26 Å². The van der Waals surface area contributed by atoms with Gasteiger partial charge in [-0.25, -0.2) is 12.8 Å². The zero-order valence-electron chi connectivity index (χ0n) is 12.6. The second-order valence-corrected chi connectivity index (χ2v) is 6.92. The Kier molecular flexibility index (Phi) is 8.16. The summed E-state index contributed by atoms with van der Waals surface area (Å²) in [6.07, 6.45) is 1.16. The molecule has 0 amide bonds. The third-order valence-electron chi connectivity index (χ3n) is 2.66. The van der Waals surface area contributed by atoms with Gasteiger partial charge in [0.25, 0.3) is 0 Å². The zero-order chi connectivity index (χ0) is 15.3. The number of benzene rings is 1. The van der Waals surface area contributed by atoms with Gasteiger partial charge in [0.15, 0.2) is 15.8 Å². The lowest BCUT2D eigenvalue weighted by molar-refractivity contribution is 0.580. The van der Waals surface area contributed by atoms with Gasteiger partial charge >= 0.3 is 0 Å². The van der Waals surface area contributed by atoms with Crippen LogP contribution in [-0.2, 0) is 22.1 Å². The number of nitrogens with one attached hydrogen (secondary N) is 1. The van der Waals surface area contributed by atoms with Crippen LogP contribution in [0, 0.1) is 5.82 Å². The summed E-state index contributed by atoms with van der Waals surface area (Å²) in [5.41, 5.74) is 1.20. The van der Waals surface area contributed by atoms with Crippen LogP contribution in [0.3, 0.4) is 0 Å². The zero-order valence-corrected chi connectivity index (χ0v) is 15.7. The highest BCUT2D eigenvalue weighted by molar-refractivity contribution is 14.0. The topological polar surface area (TPSA) is 61.8 Å². The molecular formula is C13H21FIN3O2S. The van der Waals surface area contributed by atoms with Crippen molar-refractivity contribution in [3.05, 3.63) is 35.1 Å². The summed E-state index contributed by atoms with van der Waals surface area (Å²) in [6, 6.07) is 4.12. The van der Waals surface area contributed by atoms with Crippen LogP contribution in [0.4, 0.5) is 4.39 Å². The van der Waals surface area contributed by atoms with Crippen molar-refractivity contribution in [2.24, 2.45) is 4.99 Å². The van der Waals surface area contributed by atoms with E-state index in [1.165, 1.54) is 18.2 Å². The Labute approximate surface area is 142 Å². The summed E-state index contributed by atoms with van der Waals surface area (Å²) in [4.78, 5) is 5.84. The van der Waals surface area contributed by atoms with Crippen molar-refractivity contribution >= 4 is 39.8 Å². The Morgan fingerprint density at radius 2 is 1.95 bits per heavy atom. The number of rotatable bonds is 4. The number of nitrogens with zero attached hydrogens (tertiary/aromatic N) is 2. The first kappa shape index (κ1) is 20.1. The molecule has 0 saturated carbocycles. The lowest BCUT2D eigenvalue weighted by Gasteiger charge is -2.18. The molecule has 1 aromatic carbocycles. The Hall–Kier alpha value is -0.900. The second kappa shape index (κ2) is 8.52. The van der Waals surface area contributed by atoms with E-state index in [1.54, 1.807) is 11.9 Å². The highest BCUT2D eigenvalue weighted by Gasteiger charge is 2.11. The van der Waals surface area contributed by atoms with Crippen molar-refractivity contribution in [3.8, 4) is 0 Å². The van der Waals surface area contributed by atoms with Crippen LogP contribution >= 0.6 is 24.0 Å². The smallest absolute Gasteiger partial charge is 0.193 e. The van der Waals surface area contributed by atoms with E-state index >= 15 is 0 Å². The number of hydrogen-bond donors (Lipinski definition) is 1. The molecule has 0 saturated heterocycles. The van der Waals surface area contributed by atoms with Crippen molar-refractivity contribution in [1.29, 1.82) is 0 Å². The minimum Gasteiger partial charge on any atom is -0.352 e. The normalized spacial score (nSPS) is 11.8. The minimum atomic E-state index is -3.16. The Bertz CT molecular complexity index is 603. The van der Waals surface area contributed by atoms with Crippen LogP contribution in [0.2, 0.25) is 0 Å². The van der Waals surface area contributed by atoms with Gasteiger partial charge in [0.2, 0.25) is 0 Å². The monoisotopic (exact) mass is 429 g/mol. The van der Waals surface area contributed by atoms with E-state index < -0.39 is 9.84 Å². The van der Waals surface area contributed by atoms with Crippen LogP contribution in [-0.4, -0.2) is 46.7 Å². The highest BCUT2D eigenvalue weighted by Crippen LogP contribution is 2.14. The van der Waals surface area contributed by atoms with Gasteiger partial charge in [0, 0.05) is 33.9 Å². The largest absolute Gasteiger partial charge is 0.352 e. The van der Waals surface area contributed by atoms with Crippen molar-refractivity contribution in [3.63, 3.8) is 0 Å². The van der Waals surface area contributed by atoms with Gasteiger partial charge in [-0.2, -0.15) is 0 Å². The lowest BCUT2D eigenvalue weighted by atomic mass is 10.1. The Balaban J connectivity index is 0.00000400. The number of hydrogen-bond acceptors (Lipinski definition) is 3. The minimum absolute atomic E-state index is 0. The van der Waals surface area contributed by atoms with E-state index in [0.29, 0.717) is 23.6 Å². The molecule has 8 heteroatoms. The van der Waals surface area contributed by atoms with Gasteiger partial charge < -0.3 is 10.2 Å². The maximum atomic E-state index is 13.3. The molecule has 0 aliphatic carbocycles. The first-order valence-corrected chi connectivity index (χ1v) is 8.12. The first-order chi connectivity index (χ1) is 9.23. The predicted octanol–water partition coefficient (Wildman–Crippen LogP) is 1.63. The van der Waals surface area contributed by atoms with E-state index in [-0.39, 0.29) is 35.5 Å². The standard InChI is InChI=1S/C13H20FN3O2S.HI/c1-15-13(17(2)3)16-8-11-7-12(14)6-5-10(11)9-20(4,18)19;/h5-7H,8-9H2,1-4H3,(H,15,16);1H. The number of sulfone groups is 1. The molecule has 0 aliphatic heterocycles. The van der Waals surface area contributed by atoms with Crippen LogP contribution in [0.25, 0.3) is 0 Å². The van der Waals surface area contributed by atoms with Crippen LogP contribution in [0.1, 0.15) is 11.1 Å². The second-order valence-electron chi connectivity index (χ2n) is 4.78. The lowest BCUT2D eigenvalue weighted by Crippen LogP contribution is -2.36. The molecule has 1 rings (SSSR count). The summed E-state index contributed by atoms with van der Waals surface area (Å²) >= 11 is 0. The number of halogens is 2. The predicted molar refractivity (Wildman–Crippen MR) is 94.2 cm³/mol. The maximum absolute atomic E-state index is 13.3. The molecule has 0 aromatic heterocycles. The van der Waals surface area contributed by atoms with Gasteiger partial charge in [-0.3, -0.25) is 4.99 Å². The average Bonchev–Trinajstić information content (AvgIpc) is 2.31. The maximum Gasteiger partial charge on any atom is 0.193 e. The molecule has 1 aromatic rings. The van der Waals surface area contributed by atoms with E-state index in [1.807, 2.05) is 14.1 Å². The molecule has 0 fully saturated rings. The van der Waals surface area contributed by atoms with Crippen molar-refractivity contribution < 1.29 is 12.8 Å². The van der Waals surface area contributed by atoms with Gasteiger partial charge in [-0.05, 0) is 23.3 Å². The van der Waals surface area contributed by atoms with Gasteiger partial charge in [0.05, 0.1) is 5.75 Å². The molecule has 0 atom stereocenters. The Morgan fingerprint density at radius 3 is 2.43 bits per heavy atom. The quantitative estimate of drug-likeness (QED) is 0.449. The molecular weight excluding hydrogens is 408 g/mol. The highest BCUT2D eigenvalue weighted by atomic mass is 127. The van der Waals surface area contributed by atoms with E-state index in [4.69, 9.17) is 0 Å². The SMILES string of the molecule is CN=C(NCc1cc(F)ccc1CS(C)(=O)=O)N(C)C.I. The molecule has 0 aliphatic rings. The fourth-order valence-electron chi connectivity index (χ4n) is 1.79. The fourth-order valence-corrected chi connectivity index (χ4v) is 2.64. The summed E-state index contributed by atoms with van der Waals surface area (Å²) in [5, 5.41) is 3.05. The number of guanidine groups is 1. The van der Waals surface area contributed by atoms with Crippen LogP contribution in [0.15, 0.2) is 23.2 Å². The van der Waals surface area contributed by atoms with Crippen molar-refractivity contribution in [2.75, 3.05) is 27.4 Å². The summed E-state index contributed by atoms with van der Waals surface area (Å²) in [7, 11) is 2.14. The van der Waals surface area contributed by atoms with Gasteiger partial charge in [-0.15, -0.1) is 24.0 Å². The third-order valence-corrected chi connectivity index (χ3v) is 3.49. The molecule has 1 N–H and O–H groups in total. The van der Waals surface area contributed by atoms with Crippen molar-refractivity contribution in [2.45, 2.75) is 12.3 Å². The van der Waals surface area contributed by atoms with E-state index in [9.17, 15) is 12.8 Å². The molecule has 120 valence electrons. The van der Waals surface area contributed by atoms with Gasteiger partial charge in [0.1, 0.15) is 5.82 Å². The molecule has 0 unspecified atom stereocenters. The van der Waals surface area contributed by atoms with Crippen LogP contribution < -0.4 is 5.32 Å². The van der Waals surface area contributed by atoms with Gasteiger partial charge in [-0.1, -0.05) is 6.07 Å². The Morgan fingerprint density at radius 1 is 1.33 bits per heavy atom. The summed E-state index contributed by atoms with van der Waals surface area (Å²) < 4.78 is 36.1. The third kappa shape index (κ3) is 7.07. The van der Waals surface area contributed by atoms with Crippen molar-refractivity contribution in [1.82, 2.24) is 10.2 Å². The van der Waals surface area contributed by atoms with Crippen LogP contribution in [0.5, 0.6) is 0 Å². The molecule has 0 bridgehead atoms. The summed E-state index contributed by atoms with van der Waals surface area (Å²) in [5.74, 6) is 0.142. The average molecular weight is 429 g/mol. The van der Waals surface area contributed by atoms with E-state index in [2.05, 4.69) is 10.3 Å². The molecule has 5 nitrogen and oxygen atoms in total. The molecule has 0 heterocycles. The molecule has 0 spiro atoms. The number of aliphatic imine (C=N–C) groups is 1. The molecule has 0 radical (unpaired) electrons. The summed E-state index contributed by atoms with van der Waals surface area (Å²) in [6.45, 7) is 0.313. The fraction of sp³-hybridized carbons (Fsp3) is 0.462. The molecule has 21 heavy (non-hydrogen) atoms.